The number of ether oxygens (including phenoxy) is 1. The molecule has 2 heterocycles. The van der Waals surface area contributed by atoms with Gasteiger partial charge in [0.1, 0.15) is 11.6 Å². The van der Waals surface area contributed by atoms with E-state index in [4.69, 9.17) is 11.6 Å². The molecular formula is C21H18ClF3N4O3. The van der Waals surface area contributed by atoms with Crippen molar-refractivity contribution in [3.63, 3.8) is 0 Å². The van der Waals surface area contributed by atoms with E-state index in [1.54, 1.807) is 13.8 Å². The molecule has 0 unspecified atom stereocenters. The van der Waals surface area contributed by atoms with Crippen molar-refractivity contribution >= 4 is 17.5 Å². The van der Waals surface area contributed by atoms with E-state index in [0.717, 1.165) is 6.07 Å². The Morgan fingerprint density at radius 2 is 2.00 bits per heavy atom. The maximum atomic E-state index is 15.2. The zero-order chi connectivity index (χ0) is 23.4. The summed E-state index contributed by atoms with van der Waals surface area (Å²) in [5, 5.41) is 2.62. The SMILES string of the molecule is CC(C)C(=O)NCc1ccc(Cl)c(-c2nc(-c3ccc(OC(F)F)nc3)cc(=O)[nH]2)c1F. The maximum Gasteiger partial charge on any atom is 0.388 e. The summed E-state index contributed by atoms with van der Waals surface area (Å²) in [6.07, 6.45) is 1.19. The molecule has 1 aromatic carbocycles. The summed E-state index contributed by atoms with van der Waals surface area (Å²) in [6, 6.07) is 6.57. The molecule has 0 aliphatic carbocycles. The Hall–Kier alpha value is -3.40. The lowest BCUT2D eigenvalue weighted by Crippen LogP contribution is -2.27. The van der Waals surface area contributed by atoms with Gasteiger partial charge in [-0.1, -0.05) is 31.5 Å². The first-order chi connectivity index (χ1) is 15.2. The second-order valence-electron chi connectivity index (χ2n) is 7.01. The van der Waals surface area contributed by atoms with E-state index in [1.165, 1.54) is 30.5 Å². The molecule has 0 saturated carbocycles. The number of aromatic amines is 1. The lowest BCUT2D eigenvalue weighted by atomic mass is 10.1. The number of carbonyl (C=O) groups is 1. The van der Waals surface area contributed by atoms with Crippen LogP contribution in [0.5, 0.6) is 5.88 Å². The predicted octanol–water partition coefficient (Wildman–Crippen LogP) is 4.17. The Labute approximate surface area is 185 Å². The van der Waals surface area contributed by atoms with Gasteiger partial charge in [0.15, 0.2) is 0 Å². The van der Waals surface area contributed by atoms with Crippen molar-refractivity contribution in [1.29, 1.82) is 0 Å². The number of benzene rings is 1. The normalized spacial score (nSPS) is 11.1. The van der Waals surface area contributed by atoms with Crippen LogP contribution in [0.15, 0.2) is 41.3 Å². The van der Waals surface area contributed by atoms with Crippen molar-refractivity contribution in [3.05, 3.63) is 63.3 Å². The minimum Gasteiger partial charge on any atom is -0.417 e. The largest absolute Gasteiger partial charge is 0.417 e. The molecule has 0 spiro atoms. The van der Waals surface area contributed by atoms with E-state index < -0.39 is 18.0 Å². The van der Waals surface area contributed by atoms with Crippen LogP contribution in [0.3, 0.4) is 0 Å². The molecular weight excluding hydrogens is 449 g/mol. The van der Waals surface area contributed by atoms with E-state index in [-0.39, 0.29) is 51.9 Å². The van der Waals surface area contributed by atoms with Gasteiger partial charge in [-0.15, -0.1) is 0 Å². The molecule has 7 nitrogen and oxygen atoms in total. The molecule has 2 aromatic heterocycles. The summed E-state index contributed by atoms with van der Waals surface area (Å²) >= 11 is 6.18. The predicted molar refractivity (Wildman–Crippen MR) is 112 cm³/mol. The van der Waals surface area contributed by atoms with Crippen molar-refractivity contribution in [2.75, 3.05) is 0 Å². The fourth-order valence-electron chi connectivity index (χ4n) is 2.75. The second kappa shape index (κ2) is 9.82. The highest BCUT2D eigenvalue weighted by Crippen LogP contribution is 2.31. The van der Waals surface area contributed by atoms with Gasteiger partial charge in [0, 0.05) is 41.9 Å². The minimum atomic E-state index is -3.03. The number of hydrogen-bond donors (Lipinski definition) is 2. The Bertz CT molecular complexity index is 1180. The number of amides is 1. The van der Waals surface area contributed by atoms with E-state index >= 15 is 4.39 Å². The highest BCUT2D eigenvalue weighted by atomic mass is 35.5. The maximum absolute atomic E-state index is 15.2. The zero-order valence-electron chi connectivity index (χ0n) is 17.0. The van der Waals surface area contributed by atoms with Gasteiger partial charge in [-0.05, 0) is 12.1 Å². The van der Waals surface area contributed by atoms with Crippen LogP contribution in [0, 0.1) is 11.7 Å². The van der Waals surface area contributed by atoms with Crippen molar-refractivity contribution < 1.29 is 22.7 Å². The molecule has 0 fully saturated rings. The molecule has 0 radical (unpaired) electrons. The fraction of sp³-hybridized carbons (Fsp3) is 0.238. The quantitative estimate of drug-likeness (QED) is 0.545. The van der Waals surface area contributed by atoms with Crippen LogP contribution >= 0.6 is 11.6 Å². The van der Waals surface area contributed by atoms with E-state index in [2.05, 4.69) is 25.0 Å². The number of H-pyrrole nitrogens is 1. The van der Waals surface area contributed by atoms with Crippen LogP contribution in [0.4, 0.5) is 13.2 Å². The number of aromatic nitrogens is 3. The van der Waals surface area contributed by atoms with Gasteiger partial charge in [0.25, 0.3) is 5.56 Å². The number of rotatable bonds is 7. The van der Waals surface area contributed by atoms with E-state index in [9.17, 15) is 18.4 Å². The van der Waals surface area contributed by atoms with Crippen molar-refractivity contribution in [2.24, 2.45) is 5.92 Å². The van der Waals surface area contributed by atoms with Crippen molar-refractivity contribution in [1.82, 2.24) is 20.3 Å². The van der Waals surface area contributed by atoms with Gasteiger partial charge < -0.3 is 15.0 Å². The molecule has 3 rings (SSSR count). The number of pyridine rings is 1. The monoisotopic (exact) mass is 466 g/mol. The van der Waals surface area contributed by atoms with Gasteiger partial charge in [-0.2, -0.15) is 8.78 Å². The molecule has 0 aliphatic rings. The van der Waals surface area contributed by atoms with Crippen LogP contribution in [-0.4, -0.2) is 27.5 Å². The van der Waals surface area contributed by atoms with Gasteiger partial charge in [0.2, 0.25) is 11.8 Å². The molecule has 0 atom stereocenters. The highest BCUT2D eigenvalue weighted by molar-refractivity contribution is 6.33. The number of hydrogen-bond acceptors (Lipinski definition) is 5. The topological polar surface area (TPSA) is 97.0 Å². The molecule has 1 amide bonds. The Morgan fingerprint density at radius 1 is 1.25 bits per heavy atom. The third-order valence-electron chi connectivity index (χ3n) is 4.37. The Balaban J connectivity index is 1.98. The molecule has 32 heavy (non-hydrogen) atoms. The van der Waals surface area contributed by atoms with Crippen LogP contribution in [0.25, 0.3) is 22.6 Å². The average molecular weight is 467 g/mol. The molecule has 11 heteroatoms. The summed E-state index contributed by atoms with van der Waals surface area (Å²) in [5.74, 6) is -1.72. The number of nitrogens with zero attached hydrogens (tertiary/aromatic N) is 2. The first-order valence-corrected chi connectivity index (χ1v) is 9.81. The summed E-state index contributed by atoms with van der Waals surface area (Å²) in [4.78, 5) is 34.4. The third-order valence-corrected chi connectivity index (χ3v) is 4.68. The smallest absolute Gasteiger partial charge is 0.388 e. The van der Waals surface area contributed by atoms with Crippen LogP contribution in [0.1, 0.15) is 19.4 Å². The summed E-state index contributed by atoms with van der Waals surface area (Å²) in [7, 11) is 0. The average Bonchev–Trinajstić information content (AvgIpc) is 2.72. The summed E-state index contributed by atoms with van der Waals surface area (Å²) in [6.45, 7) is 0.313. The zero-order valence-corrected chi connectivity index (χ0v) is 17.7. The molecule has 0 bridgehead atoms. The molecule has 0 aliphatic heterocycles. The fourth-order valence-corrected chi connectivity index (χ4v) is 2.99. The van der Waals surface area contributed by atoms with E-state index in [0.29, 0.717) is 5.56 Å². The van der Waals surface area contributed by atoms with Gasteiger partial charge in [-0.25, -0.2) is 14.4 Å². The molecule has 168 valence electrons. The lowest BCUT2D eigenvalue weighted by molar-refractivity contribution is -0.124. The first kappa shape index (κ1) is 23.3. The number of halogens is 4. The summed E-state index contributed by atoms with van der Waals surface area (Å²) < 4.78 is 44.0. The second-order valence-corrected chi connectivity index (χ2v) is 7.42. The van der Waals surface area contributed by atoms with E-state index in [1.807, 2.05) is 0 Å². The van der Waals surface area contributed by atoms with Crippen LogP contribution in [0.2, 0.25) is 5.02 Å². The third kappa shape index (κ3) is 5.44. The molecule has 3 aromatic rings. The van der Waals surface area contributed by atoms with Crippen LogP contribution in [-0.2, 0) is 11.3 Å². The summed E-state index contributed by atoms with van der Waals surface area (Å²) in [5.41, 5.74) is -0.147. The van der Waals surface area contributed by atoms with Crippen LogP contribution < -0.4 is 15.6 Å². The van der Waals surface area contributed by atoms with Gasteiger partial charge in [0.05, 0.1) is 16.3 Å². The van der Waals surface area contributed by atoms with Crippen molar-refractivity contribution in [2.45, 2.75) is 27.0 Å². The highest BCUT2D eigenvalue weighted by Gasteiger charge is 2.19. The first-order valence-electron chi connectivity index (χ1n) is 9.43. The number of nitrogens with one attached hydrogen (secondary N) is 2. The molecule has 0 saturated heterocycles. The minimum absolute atomic E-state index is 0.000502. The van der Waals surface area contributed by atoms with Gasteiger partial charge in [-0.3, -0.25) is 9.59 Å². The Kier molecular flexibility index (Phi) is 7.14. The number of alkyl halides is 2. The van der Waals surface area contributed by atoms with Crippen molar-refractivity contribution in [3.8, 4) is 28.5 Å². The lowest BCUT2D eigenvalue weighted by Gasteiger charge is -2.13. The standard InChI is InChI=1S/C21H18ClF3N4O3/c1-10(2)20(31)27-9-12-3-5-13(22)17(18(12)23)19-28-14(7-15(30)29-19)11-4-6-16(26-8-11)32-21(24)25/h3-8,10,21H,9H2,1-2H3,(H,27,31)(H,28,29,30). The van der Waals surface area contributed by atoms with Gasteiger partial charge >= 0.3 is 6.61 Å². The molecule has 2 N–H and O–H groups in total. The Morgan fingerprint density at radius 3 is 2.62 bits per heavy atom. The number of carbonyl (C=O) groups excluding carboxylic acids is 1.